The largest absolute Gasteiger partial charge is 0.477 e. The number of nitrogens with zero attached hydrogens (tertiary/aromatic N) is 5. The van der Waals surface area contributed by atoms with E-state index in [1.807, 2.05) is 6.07 Å². The van der Waals surface area contributed by atoms with Crippen LogP contribution in [0.4, 0.5) is 15.1 Å². The minimum atomic E-state index is -1.24. The van der Waals surface area contributed by atoms with Gasteiger partial charge in [-0.2, -0.15) is 4.57 Å². The van der Waals surface area contributed by atoms with Gasteiger partial charge in [0.1, 0.15) is 35.4 Å². The number of carboxylic acid groups (broad SMARTS) is 1. The summed E-state index contributed by atoms with van der Waals surface area (Å²) < 4.78 is 2.60. The van der Waals surface area contributed by atoms with E-state index in [9.17, 15) is 24.3 Å². The highest BCUT2D eigenvalue weighted by Gasteiger charge is 2.54. The Bertz CT molecular complexity index is 1600. The number of hydrogen-bond acceptors (Lipinski definition) is 12. The normalized spacial score (nSPS) is 18.7. The monoisotopic (exact) mass is 604 g/mol. The molecule has 3 aromatic rings. The molecular weight excluding hydrogens is 583 g/mol. The van der Waals surface area contributed by atoms with Gasteiger partial charge < -0.3 is 26.3 Å². The zero-order chi connectivity index (χ0) is 28.6. The van der Waals surface area contributed by atoms with Gasteiger partial charge in [-0.15, -0.1) is 23.1 Å². The number of hydrogen-bond donors (Lipinski definition) is 5. The third-order valence-corrected chi connectivity index (χ3v) is 8.87. The highest BCUT2D eigenvalue weighted by molar-refractivity contribution is 8.00. The molecule has 40 heavy (non-hydrogen) atoms. The number of aliphatic carboxylic acids is 1. The van der Waals surface area contributed by atoms with Crippen LogP contribution in [-0.4, -0.2) is 80.8 Å². The maximum atomic E-state index is 13.1. The van der Waals surface area contributed by atoms with E-state index >= 15 is 0 Å². The molecule has 0 spiro atoms. The molecule has 2 aliphatic rings. The average Bonchev–Trinajstić information content (AvgIpc) is 3.54. The summed E-state index contributed by atoms with van der Waals surface area (Å²) in [5, 5.41) is 23.0. The number of fused-ring (bicyclic) bond motifs is 2. The summed E-state index contributed by atoms with van der Waals surface area (Å²) >= 11 is 3.76. The van der Waals surface area contributed by atoms with Crippen molar-refractivity contribution in [1.29, 1.82) is 0 Å². The molecule has 3 aromatic heterocycles. The Kier molecular flexibility index (Phi) is 7.55. The quantitative estimate of drug-likeness (QED) is 0.102. The molecule has 208 valence electrons. The van der Waals surface area contributed by atoms with Gasteiger partial charge in [-0.05, 0) is 0 Å². The second-order valence-corrected chi connectivity index (χ2v) is 11.4. The number of anilines is 2. The number of nitrogens with one attached hydrogen (secondary N) is 3. The Morgan fingerprint density at radius 2 is 2.15 bits per heavy atom. The molecule has 0 aromatic carbocycles. The number of amides is 4. The van der Waals surface area contributed by atoms with E-state index in [0.717, 1.165) is 16.0 Å². The van der Waals surface area contributed by atoms with Crippen LogP contribution in [-0.2, 0) is 25.8 Å². The number of pyridine rings is 1. The molecule has 0 saturated carbocycles. The van der Waals surface area contributed by atoms with Gasteiger partial charge in [0.05, 0.1) is 4.70 Å². The third-order valence-electron chi connectivity index (χ3n) is 5.91. The number of oxime groups is 1. The summed E-state index contributed by atoms with van der Waals surface area (Å²) in [5.41, 5.74) is 6.72. The predicted octanol–water partition coefficient (Wildman–Crippen LogP) is 0.163. The summed E-state index contributed by atoms with van der Waals surface area (Å²) in [6.07, 6.45) is 3.52. The van der Waals surface area contributed by atoms with E-state index in [-0.39, 0.29) is 34.8 Å². The van der Waals surface area contributed by atoms with Crippen molar-refractivity contribution in [3.63, 3.8) is 0 Å². The molecule has 1 unspecified atom stereocenters. The predicted molar refractivity (Wildman–Crippen MR) is 148 cm³/mol. The van der Waals surface area contributed by atoms with E-state index in [2.05, 4.69) is 31.1 Å². The number of aromatic nitrogens is 3. The lowest BCUT2D eigenvalue weighted by Crippen LogP contribution is -2.71. The number of rotatable bonds is 8. The van der Waals surface area contributed by atoms with Crippen LogP contribution in [0.5, 0.6) is 0 Å². The van der Waals surface area contributed by atoms with Crippen molar-refractivity contribution in [1.82, 2.24) is 25.5 Å². The SMILES string of the molecule is CNC(=O)Nc1nc2c[n+](CC3=C(C(=O)O)N4C(=O)C(NC(=O)/C(=N/OC)c5csc(N)n5)[C@H]4SC3)ccc2s1. The first-order valence-corrected chi connectivity index (χ1v) is 14.3. The number of β-lactam (4-membered cyclic amide) rings is 1. The van der Waals surface area contributed by atoms with E-state index in [4.69, 9.17) is 10.6 Å². The van der Waals surface area contributed by atoms with Crippen molar-refractivity contribution in [2.24, 2.45) is 5.16 Å². The smallest absolute Gasteiger partial charge is 0.352 e. The average molecular weight is 605 g/mol. The minimum absolute atomic E-state index is 0.120. The van der Waals surface area contributed by atoms with Crippen molar-refractivity contribution in [3.8, 4) is 0 Å². The van der Waals surface area contributed by atoms with Crippen LogP contribution in [0.2, 0.25) is 0 Å². The molecule has 1 saturated heterocycles. The van der Waals surface area contributed by atoms with Crippen molar-refractivity contribution in [2.75, 3.05) is 31.0 Å². The van der Waals surface area contributed by atoms with Gasteiger partial charge in [-0.3, -0.25) is 19.8 Å². The number of thiazole rings is 2. The first kappa shape index (κ1) is 27.3. The van der Waals surface area contributed by atoms with Gasteiger partial charge in [0.25, 0.3) is 11.8 Å². The number of carboxylic acids is 1. The second-order valence-electron chi connectivity index (χ2n) is 8.40. The molecule has 1 fully saturated rings. The van der Waals surface area contributed by atoms with Crippen LogP contribution >= 0.6 is 34.4 Å². The first-order chi connectivity index (χ1) is 19.2. The number of urea groups is 1. The van der Waals surface area contributed by atoms with Gasteiger partial charge in [0.15, 0.2) is 34.9 Å². The lowest BCUT2D eigenvalue weighted by molar-refractivity contribution is -0.687. The number of thioether (sulfide) groups is 1. The number of nitrogen functional groups attached to an aromatic ring is 1. The molecule has 2 aliphatic heterocycles. The maximum Gasteiger partial charge on any atom is 0.352 e. The Morgan fingerprint density at radius 1 is 1.35 bits per heavy atom. The Hall–Kier alpha value is -4.29. The summed E-state index contributed by atoms with van der Waals surface area (Å²) in [6.45, 7) is 0.198. The fourth-order valence-corrected chi connectivity index (χ4v) is 6.87. The van der Waals surface area contributed by atoms with Crippen molar-refractivity contribution in [2.45, 2.75) is 18.0 Å². The molecule has 15 nitrogen and oxygen atoms in total. The molecule has 0 radical (unpaired) electrons. The molecule has 0 aliphatic carbocycles. The van der Waals surface area contributed by atoms with Crippen LogP contribution in [0, 0.1) is 0 Å². The maximum absolute atomic E-state index is 13.1. The Morgan fingerprint density at radius 3 is 2.83 bits per heavy atom. The minimum Gasteiger partial charge on any atom is -0.477 e. The van der Waals surface area contributed by atoms with Gasteiger partial charge in [0.2, 0.25) is 0 Å². The zero-order valence-electron chi connectivity index (χ0n) is 20.9. The molecule has 2 atom stereocenters. The lowest BCUT2D eigenvalue weighted by atomic mass is 10.0. The van der Waals surface area contributed by atoms with Crippen LogP contribution in [0.1, 0.15) is 5.69 Å². The van der Waals surface area contributed by atoms with Crippen LogP contribution in [0.25, 0.3) is 10.2 Å². The highest BCUT2D eigenvalue weighted by atomic mass is 32.2. The molecule has 0 bridgehead atoms. The Labute approximate surface area is 238 Å². The van der Waals surface area contributed by atoms with Crippen LogP contribution < -0.4 is 26.3 Å². The molecule has 18 heteroatoms. The molecule has 4 amide bonds. The summed E-state index contributed by atoms with van der Waals surface area (Å²) in [7, 11) is 2.77. The first-order valence-electron chi connectivity index (χ1n) is 11.5. The van der Waals surface area contributed by atoms with Crippen molar-refractivity contribution < 1.29 is 33.7 Å². The number of carbonyl (C=O) groups is 4. The number of nitrogens with two attached hydrogens (primary N) is 1. The van der Waals surface area contributed by atoms with Crippen molar-refractivity contribution >= 4 is 84.4 Å². The van der Waals surface area contributed by atoms with E-state index in [1.54, 1.807) is 17.0 Å². The summed E-state index contributed by atoms with van der Waals surface area (Å²) in [5.74, 6) is -2.18. The van der Waals surface area contributed by atoms with Gasteiger partial charge >= 0.3 is 12.0 Å². The second kappa shape index (κ2) is 11.1. The topological polar surface area (TPSA) is 205 Å². The molecule has 5 heterocycles. The molecule has 6 N–H and O–H groups in total. The zero-order valence-corrected chi connectivity index (χ0v) is 23.4. The van der Waals surface area contributed by atoms with Crippen LogP contribution in [0.3, 0.4) is 0 Å². The standard InChI is InChI=1S/C22H21N9O6S3/c1-24-21(36)28-22-26-10-6-30(4-3-12(10)40-22)5-9-7-38-18-14(17(33)31(18)15(9)19(34)35)27-16(32)13(29-37-2)11-8-39-20(23)25-11/h3-4,6,8,14,18H,5,7H2,1-2H3,(H5-,23,24,25,26,27,28,32,34,35,36)/p+1/b29-13+/t14?,18-/m1/s1. The summed E-state index contributed by atoms with van der Waals surface area (Å²) in [4.78, 5) is 64.3. The van der Waals surface area contributed by atoms with E-state index in [1.165, 1.54) is 47.5 Å². The molecular formula is C22H22N9O6S3+. The van der Waals surface area contributed by atoms with Crippen LogP contribution in [0.15, 0.2) is 40.3 Å². The fraction of sp³-hybridized carbons (Fsp3) is 0.273. The summed E-state index contributed by atoms with van der Waals surface area (Å²) in [6, 6.07) is 0.467. The number of carbonyl (C=O) groups excluding carboxylic acids is 3. The van der Waals surface area contributed by atoms with E-state index < -0.39 is 29.2 Å². The van der Waals surface area contributed by atoms with Gasteiger partial charge in [-0.25, -0.2) is 19.6 Å². The van der Waals surface area contributed by atoms with Crippen molar-refractivity contribution in [3.05, 3.63) is 40.8 Å². The Balaban J connectivity index is 1.33. The van der Waals surface area contributed by atoms with Gasteiger partial charge in [0, 0.05) is 29.8 Å². The fourth-order valence-electron chi connectivity index (χ4n) is 4.16. The molecule has 5 rings (SSSR count). The highest BCUT2D eigenvalue weighted by Crippen LogP contribution is 2.40. The van der Waals surface area contributed by atoms with Gasteiger partial charge in [-0.1, -0.05) is 16.5 Å². The third kappa shape index (κ3) is 5.15. The lowest BCUT2D eigenvalue weighted by Gasteiger charge is -2.49. The van der Waals surface area contributed by atoms with E-state index in [0.29, 0.717) is 22.0 Å².